The Labute approximate surface area is 77.4 Å². The topological polar surface area (TPSA) is 43.4 Å². The van der Waals surface area contributed by atoms with Gasteiger partial charge in [-0.15, -0.1) is 0 Å². The fourth-order valence-corrected chi connectivity index (χ4v) is 2.74. The maximum atomic E-state index is 11.8. The molecule has 2 atom stereocenters. The molecule has 13 heavy (non-hydrogen) atoms. The fraction of sp³-hybridized carbons (Fsp3) is 0.800. The number of Topliss-reactive ketones (excluding diaryl/α,β-unsaturated/α-hetero) is 1. The summed E-state index contributed by atoms with van der Waals surface area (Å²) in [5.74, 6) is -0.0156. The van der Waals surface area contributed by atoms with E-state index in [1.165, 1.54) is 7.11 Å². The first-order valence-corrected chi connectivity index (χ1v) is 4.83. The normalized spacial score (nSPS) is 37.6. The van der Waals surface area contributed by atoms with Gasteiger partial charge in [-0.05, 0) is 25.7 Å². The highest BCUT2D eigenvalue weighted by Gasteiger charge is 2.55. The molecular weight excluding hydrogens is 168 g/mol. The van der Waals surface area contributed by atoms with Gasteiger partial charge in [0.1, 0.15) is 5.41 Å². The van der Waals surface area contributed by atoms with E-state index in [1.807, 2.05) is 0 Å². The third-order valence-corrected chi connectivity index (χ3v) is 3.49. The Balaban J connectivity index is 2.30. The number of esters is 1. The highest BCUT2D eigenvalue weighted by Crippen LogP contribution is 2.49. The van der Waals surface area contributed by atoms with E-state index in [-0.39, 0.29) is 17.7 Å². The van der Waals surface area contributed by atoms with Crippen LogP contribution in [0.3, 0.4) is 0 Å². The Hall–Kier alpha value is -0.860. The van der Waals surface area contributed by atoms with E-state index in [0.29, 0.717) is 12.8 Å². The molecule has 2 saturated carbocycles. The van der Waals surface area contributed by atoms with Crippen molar-refractivity contribution in [2.75, 3.05) is 7.11 Å². The molecule has 2 fully saturated rings. The number of methoxy groups -OCH3 is 1. The second-order valence-electron chi connectivity index (χ2n) is 4.07. The van der Waals surface area contributed by atoms with Gasteiger partial charge >= 0.3 is 5.97 Å². The van der Waals surface area contributed by atoms with Gasteiger partial charge in [0.25, 0.3) is 0 Å². The number of ether oxygens (including phenoxy) is 1. The minimum atomic E-state index is -0.738. The lowest BCUT2D eigenvalue weighted by atomic mass is 9.74. The third kappa shape index (κ3) is 1.02. The molecule has 0 saturated heterocycles. The van der Waals surface area contributed by atoms with Gasteiger partial charge in [-0.2, -0.15) is 0 Å². The summed E-state index contributed by atoms with van der Waals surface area (Å²) in [5, 5.41) is 0. The molecule has 0 aliphatic heterocycles. The first kappa shape index (κ1) is 8.73. The smallest absolute Gasteiger partial charge is 0.319 e. The molecule has 72 valence electrons. The minimum Gasteiger partial charge on any atom is -0.468 e. The molecule has 0 N–H and O–H groups in total. The van der Waals surface area contributed by atoms with Crippen LogP contribution in [0, 0.1) is 11.3 Å². The number of fused-ring (bicyclic) bond motifs is 2. The molecule has 0 heterocycles. The summed E-state index contributed by atoms with van der Waals surface area (Å²) in [6.45, 7) is 0. The van der Waals surface area contributed by atoms with Gasteiger partial charge < -0.3 is 4.74 Å². The molecule has 0 aromatic heterocycles. The lowest BCUT2D eigenvalue weighted by Crippen LogP contribution is -2.40. The number of hydrogen-bond acceptors (Lipinski definition) is 3. The lowest BCUT2D eigenvalue weighted by Gasteiger charge is -2.28. The summed E-state index contributed by atoms with van der Waals surface area (Å²) in [6.07, 6.45) is 4.26. The van der Waals surface area contributed by atoms with Crippen LogP contribution in [0.15, 0.2) is 0 Å². The highest BCUT2D eigenvalue weighted by molar-refractivity contribution is 6.06. The van der Waals surface area contributed by atoms with Crippen LogP contribution in [0.25, 0.3) is 0 Å². The van der Waals surface area contributed by atoms with Crippen LogP contribution >= 0.6 is 0 Å². The van der Waals surface area contributed by atoms with E-state index < -0.39 is 5.41 Å². The molecular formula is C10H14O3. The maximum absolute atomic E-state index is 11.8. The maximum Gasteiger partial charge on any atom is 0.319 e. The van der Waals surface area contributed by atoms with Gasteiger partial charge in [0.05, 0.1) is 7.11 Å². The SMILES string of the molecule is COC(=O)[C@@]12CCC[C@@H](CC1)C2=O. The molecule has 0 radical (unpaired) electrons. The van der Waals surface area contributed by atoms with E-state index in [0.717, 1.165) is 19.3 Å². The molecule has 0 amide bonds. The highest BCUT2D eigenvalue weighted by atomic mass is 16.5. The largest absolute Gasteiger partial charge is 0.468 e. The molecule has 0 aromatic rings. The zero-order valence-corrected chi connectivity index (χ0v) is 7.84. The van der Waals surface area contributed by atoms with Gasteiger partial charge in [0.15, 0.2) is 5.78 Å². The van der Waals surface area contributed by atoms with Crippen LogP contribution < -0.4 is 0 Å². The van der Waals surface area contributed by atoms with Crippen LogP contribution in [-0.2, 0) is 14.3 Å². The number of ketones is 1. The zero-order chi connectivity index (χ0) is 9.47. The molecule has 3 nitrogen and oxygen atoms in total. The average Bonchev–Trinajstić information content (AvgIpc) is 2.40. The first-order valence-electron chi connectivity index (χ1n) is 4.83. The van der Waals surface area contributed by atoms with Crippen LogP contribution in [0.4, 0.5) is 0 Å². The van der Waals surface area contributed by atoms with Crippen LogP contribution in [0.5, 0.6) is 0 Å². The quantitative estimate of drug-likeness (QED) is 0.453. The summed E-state index contributed by atoms with van der Waals surface area (Å²) in [4.78, 5) is 23.3. The van der Waals surface area contributed by atoms with Crippen molar-refractivity contribution in [3.05, 3.63) is 0 Å². The van der Waals surface area contributed by atoms with Crippen molar-refractivity contribution in [3.63, 3.8) is 0 Å². The predicted octanol–water partition coefficient (Wildman–Crippen LogP) is 1.31. The van der Waals surface area contributed by atoms with Crippen molar-refractivity contribution in [1.29, 1.82) is 0 Å². The van der Waals surface area contributed by atoms with Crippen molar-refractivity contribution in [1.82, 2.24) is 0 Å². The Kier molecular flexibility index (Phi) is 1.90. The van der Waals surface area contributed by atoms with Gasteiger partial charge in [0, 0.05) is 5.92 Å². The Morgan fingerprint density at radius 1 is 1.46 bits per heavy atom. The molecule has 3 heteroatoms. The summed E-state index contributed by atoms with van der Waals surface area (Å²) >= 11 is 0. The van der Waals surface area contributed by atoms with Crippen molar-refractivity contribution in [3.8, 4) is 0 Å². The molecule has 0 spiro atoms. The minimum absolute atomic E-state index is 0.144. The molecule has 0 aromatic carbocycles. The molecule has 2 aliphatic carbocycles. The number of carbonyl (C=O) groups excluding carboxylic acids is 2. The third-order valence-electron chi connectivity index (χ3n) is 3.49. The summed E-state index contributed by atoms with van der Waals surface area (Å²) in [7, 11) is 1.37. The molecule has 2 bridgehead atoms. The second-order valence-corrected chi connectivity index (χ2v) is 4.07. The van der Waals surface area contributed by atoms with Crippen molar-refractivity contribution < 1.29 is 14.3 Å². The van der Waals surface area contributed by atoms with E-state index in [2.05, 4.69) is 0 Å². The van der Waals surface area contributed by atoms with E-state index in [4.69, 9.17) is 4.74 Å². The summed E-state index contributed by atoms with van der Waals surface area (Å²) in [5.41, 5.74) is -0.738. The zero-order valence-electron chi connectivity index (χ0n) is 7.84. The van der Waals surface area contributed by atoms with E-state index in [9.17, 15) is 9.59 Å². The summed E-state index contributed by atoms with van der Waals surface area (Å²) < 4.78 is 4.72. The van der Waals surface area contributed by atoms with Gasteiger partial charge in [-0.3, -0.25) is 9.59 Å². The van der Waals surface area contributed by atoms with E-state index in [1.54, 1.807) is 0 Å². The van der Waals surface area contributed by atoms with Gasteiger partial charge in [0.2, 0.25) is 0 Å². The average molecular weight is 182 g/mol. The van der Waals surface area contributed by atoms with Crippen LogP contribution in [-0.4, -0.2) is 18.9 Å². The Bertz CT molecular complexity index is 255. The molecule has 2 aliphatic rings. The fourth-order valence-electron chi connectivity index (χ4n) is 2.74. The standard InChI is InChI=1S/C10H14O3/c1-13-9(12)10-5-2-3-7(4-6-10)8(10)11/h7H,2-6H2,1H3/t7-,10-/m0/s1. The summed E-state index contributed by atoms with van der Waals surface area (Å²) in [6, 6.07) is 0. The van der Waals surface area contributed by atoms with Gasteiger partial charge in [-0.25, -0.2) is 0 Å². The molecule has 2 rings (SSSR count). The monoisotopic (exact) mass is 182 g/mol. The number of hydrogen-bond donors (Lipinski definition) is 0. The second kappa shape index (κ2) is 2.82. The molecule has 0 unspecified atom stereocenters. The Morgan fingerprint density at radius 2 is 2.23 bits per heavy atom. The van der Waals surface area contributed by atoms with E-state index >= 15 is 0 Å². The van der Waals surface area contributed by atoms with Crippen molar-refractivity contribution in [2.24, 2.45) is 11.3 Å². The lowest BCUT2D eigenvalue weighted by molar-refractivity contribution is -0.158. The number of rotatable bonds is 1. The first-order chi connectivity index (χ1) is 6.20. The van der Waals surface area contributed by atoms with Crippen LogP contribution in [0.2, 0.25) is 0 Å². The van der Waals surface area contributed by atoms with Gasteiger partial charge in [-0.1, -0.05) is 6.42 Å². The predicted molar refractivity (Wildman–Crippen MR) is 46.0 cm³/mol. The number of carbonyl (C=O) groups is 2. The van der Waals surface area contributed by atoms with Crippen molar-refractivity contribution in [2.45, 2.75) is 32.1 Å². The van der Waals surface area contributed by atoms with Crippen LogP contribution in [0.1, 0.15) is 32.1 Å². The van der Waals surface area contributed by atoms with Crippen molar-refractivity contribution >= 4 is 11.8 Å². The Morgan fingerprint density at radius 3 is 2.92 bits per heavy atom.